The van der Waals surface area contributed by atoms with Gasteiger partial charge in [0.1, 0.15) is 11.1 Å². The number of nitrogens with one attached hydrogen (secondary N) is 1. The predicted octanol–water partition coefficient (Wildman–Crippen LogP) is 4.51. The molecule has 1 aromatic carbocycles. The third kappa shape index (κ3) is 6.39. The average molecular weight is 362 g/mol. The van der Waals surface area contributed by atoms with E-state index in [0.717, 1.165) is 17.8 Å². The molecule has 1 unspecified atom stereocenters. The van der Waals surface area contributed by atoms with Crippen molar-refractivity contribution in [2.24, 2.45) is 5.92 Å². The van der Waals surface area contributed by atoms with E-state index in [0.29, 0.717) is 11.3 Å². The highest BCUT2D eigenvalue weighted by Gasteiger charge is 2.19. The highest BCUT2D eigenvalue weighted by molar-refractivity contribution is 8.00. The van der Waals surface area contributed by atoms with E-state index in [1.807, 2.05) is 13.8 Å². The number of anilines is 1. The highest BCUT2D eigenvalue weighted by atomic mass is 35.5. The van der Waals surface area contributed by atoms with E-state index < -0.39 is 11.1 Å². The molecule has 0 heterocycles. The van der Waals surface area contributed by atoms with Crippen LogP contribution in [-0.4, -0.2) is 23.7 Å². The lowest BCUT2D eigenvalue weighted by Gasteiger charge is -2.14. The zero-order valence-electron chi connectivity index (χ0n) is 13.6. The van der Waals surface area contributed by atoms with Gasteiger partial charge in [0.25, 0.3) is 0 Å². The van der Waals surface area contributed by atoms with Crippen molar-refractivity contribution in [2.45, 2.75) is 44.3 Å². The SMILES string of the molecule is CCOC(=O)C(C)Sc1cc(NC(=O)CC(C)C)c(F)cc1Cl. The van der Waals surface area contributed by atoms with E-state index in [-0.39, 0.29) is 35.1 Å². The summed E-state index contributed by atoms with van der Waals surface area (Å²) in [5.41, 5.74) is 0.0543. The summed E-state index contributed by atoms with van der Waals surface area (Å²) in [5, 5.41) is 2.23. The lowest BCUT2D eigenvalue weighted by molar-refractivity contribution is -0.142. The Labute approximate surface area is 145 Å². The largest absolute Gasteiger partial charge is 0.465 e. The van der Waals surface area contributed by atoms with Gasteiger partial charge in [0.2, 0.25) is 5.91 Å². The zero-order chi connectivity index (χ0) is 17.6. The quantitative estimate of drug-likeness (QED) is 0.573. The van der Waals surface area contributed by atoms with Crippen molar-refractivity contribution in [3.8, 4) is 0 Å². The van der Waals surface area contributed by atoms with Crippen LogP contribution in [0, 0.1) is 11.7 Å². The molecule has 1 aromatic rings. The van der Waals surface area contributed by atoms with Crippen LogP contribution in [0.3, 0.4) is 0 Å². The Morgan fingerprint density at radius 3 is 2.57 bits per heavy atom. The van der Waals surface area contributed by atoms with Crippen molar-refractivity contribution >= 4 is 40.9 Å². The molecule has 0 saturated carbocycles. The second-order valence-electron chi connectivity index (χ2n) is 5.42. The number of carbonyl (C=O) groups excluding carboxylic acids is 2. The normalized spacial score (nSPS) is 12.1. The molecular weight excluding hydrogens is 341 g/mol. The van der Waals surface area contributed by atoms with Crippen LogP contribution in [0.5, 0.6) is 0 Å². The molecule has 0 radical (unpaired) electrons. The first-order valence-electron chi connectivity index (χ1n) is 7.36. The van der Waals surface area contributed by atoms with Gasteiger partial charge in [-0.1, -0.05) is 25.4 Å². The molecule has 23 heavy (non-hydrogen) atoms. The van der Waals surface area contributed by atoms with E-state index in [1.54, 1.807) is 13.8 Å². The molecule has 0 aliphatic rings. The first-order chi connectivity index (χ1) is 10.7. The Hall–Kier alpha value is -1.27. The molecule has 1 N–H and O–H groups in total. The summed E-state index contributed by atoms with van der Waals surface area (Å²) >= 11 is 7.18. The lowest BCUT2D eigenvalue weighted by atomic mass is 10.1. The van der Waals surface area contributed by atoms with Gasteiger partial charge >= 0.3 is 5.97 Å². The fourth-order valence-electron chi connectivity index (χ4n) is 1.79. The summed E-state index contributed by atoms with van der Waals surface area (Å²) in [6, 6.07) is 2.57. The summed E-state index contributed by atoms with van der Waals surface area (Å²) in [5.74, 6) is -1.08. The number of hydrogen-bond acceptors (Lipinski definition) is 4. The van der Waals surface area contributed by atoms with Crippen LogP contribution in [0.1, 0.15) is 34.1 Å². The van der Waals surface area contributed by atoms with Gasteiger partial charge in [0.05, 0.1) is 17.3 Å². The highest BCUT2D eigenvalue weighted by Crippen LogP contribution is 2.34. The molecule has 0 aliphatic heterocycles. The van der Waals surface area contributed by atoms with Crippen molar-refractivity contribution in [3.63, 3.8) is 0 Å². The van der Waals surface area contributed by atoms with Gasteiger partial charge < -0.3 is 10.1 Å². The standard InChI is InChI=1S/C16H21ClFNO3S/c1-5-22-16(21)10(4)23-14-8-13(12(18)7-11(14)17)19-15(20)6-9(2)3/h7-10H,5-6H2,1-4H3,(H,19,20). The summed E-state index contributed by atoms with van der Waals surface area (Å²) in [6.07, 6.45) is 0.295. The molecule has 128 valence electrons. The van der Waals surface area contributed by atoms with Gasteiger partial charge in [0.15, 0.2) is 0 Å². The zero-order valence-corrected chi connectivity index (χ0v) is 15.2. The van der Waals surface area contributed by atoms with Crippen LogP contribution in [0.15, 0.2) is 17.0 Å². The maximum absolute atomic E-state index is 13.9. The first-order valence-corrected chi connectivity index (χ1v) is 8.62. The van der Waals surface area contributed by atoms with E-state index >= 15 is 0 Å². The topological polar surface area (TPSA) is 55.4 Å². The second-order valence-corrected chi connectivity index (χ2v) is 7.21. The van der Waals surface area contributed by atoms with Gasteiger partial charge in [-0.15, -0.1) is 11.8 Å². The molecule has 0 saturated heterocycles. The third-order valence-electron chi connectivity index (χ3n) is 2.81. The van der Waals surface area contributed by atoms with Gasteiger partial charge in [0, 0.05) is 11.3 Å². The number of rotatable bonds is 7. The molecule has 4 nitrogen and oxygen atoms in total. The van der Waals surface area contributed by atoms with Gasteiger partial charge in [-0.3, -0.25) is 9.59 Å². The number of hydrogen-bond donors (Lipinski definition) is 1. The number of carbonyl (C=O) groups is 2. The predicted molar refractivity (Wildman–Crippen MR) is 91.4 cm³/mol. The monoisotopic (exact) mass is 361 g/mol. The Morgan fingerprint density at radius 1 is 1.35 bits per heavy atom. The molecule has 0 aliphatic carbocycles. The van der Waals surface area contributed by atoms with Crippen LogP contribution >= 0.6 is 23.4 Å². The van der Waals surface area contributed by atoms with Crippen LogP contribution in [0.4, 0.5) is 10.1 Å². The molecule has 1 rings (SSSR count). The average Bonchev–Trinajstić information content (AvgIpc) is 2.43. The van der Waals surface area contributed by atoms with E-state index in [9.17, 15) is 14.0 Å². The van der Waals surface area contributed by atoms with Gasteiger partial charge in [-0.05, 0) is 31.9 Å². The Kier molecular flexibility index (Phi) is 7.85. The summed E-state index contributed by atoms with van der Waals surface area (Å²) < 4.78 is 18.9. The Balaban J connectivity index is 2.91. The Morgan fingerprint density at radius 2 is 2.00 bits per heavy atom. The van der Waals surface area contributed by atoms with E-state index in [1.165, 1.54) is 6.07 Å². The molecule has 0 fully saturated rings. The molecule has 1 amide bonds. The van der Waals surface area contributed by atoms with Gasteiger partial charge in [-0.25, -0.2) is 4.39 Å². The number of esters is 1. The van der Waals surface area contributed by atoms with Crippen molar-refractivity contribution in [1.29, 1.82) is 0 Å². The summed E-state index contributed by atoms with van der Waals surface area (Å²) in [7, 11) is 0. The molecule has 0 spiro atoms. The maximum atomic E-state index is 13.9. The summed E-state index contributed by atoms with van der Waals surface area (Å²) in [6.45, 7) is 7.50. The fourth-order valence-corrected chi connectivity index (χ4v) is 2.97. The number of ether oxygens (including phenoxy) is 1. The molecule has 7 heteroatoms. The minimum atomic E-state index is -0.611. The van der Waals surface area contributed by atoms with Crippen molar-refractivity contribution in [1.82, 2.24) is 0 Å². The maximum Gasteiger partial charge on any atom is 0.319 e. The minimum Gasteiger partial charge on any atom is -0.465 e. The van der Waals surface area contributed by atoms with Gasteiger partial charge in [-0.2, -0.15) is 0 Å². The third-order valence-corrected chi connectivity index (χ3v) is 4.37. The molecule has 0 aromatic heterocycles. The number of amides is 1. The van der Waals surface area contributed by atoms with E-state index in [2.05, 4.69) is 5.32 Å². The van der Waals surface area contributed by atoms with Crippen LogP contribution in [0.2, 0.25) is 5.02 Å². The molecule has 1 atom stereocenters. The first kappa shape index (κ1) is 19.8. The van der Waals surface area contributed by atoms with E-state index in [4.69, 9.17) is 16.3 Å². The molecule has 0 bridgehead atoms. The van der Waals surface area contributed by atoms with Crippen molar-refractivity contribution < 1.29 is 18.7 Å². The number of benzene rings is 1. The fraction of sp³-hybridized carbons (Fsp3) is 0.500. The number of halogens is 2. The molecular formula is C16H21ClFNO3S. The van der Waals surface area contributed by atoms with Crippen LogP contribution in [0.25, 0.3) is 0 Å². The van der Waals surface area contributed by atoms with Crippen LogP contribution in [-0.2, 0) is 14.3 Å². The smallest absolute Gasteiger partial charge is 0.319 e. The van der Waals surface area contributed by atoms with Crippen molar-refractivity contribution in [3.05, 3.63) is 23.0 Å². The van der Waals surface area contributed by atoms with Crippen molar-refractivity contribution in [2.75, 3.05) is 11.9 Å². The lowest BCUT2D eigenvalue weighted by Crippen LogP contribution is -2.17. The second kappa shape index (κ2) is 9.13. The number of thioether (sulfide) groups is 1. The Bertz CT molecular complexity index is 581. The minimum absolute atomic E-state index is 0.0543. The summed E-state index contributed by atoms with van der Waals surface area (Å²) in [4.78, 5) is 24.0. The van der Waals surface area contributed by atoms with Crippen LogP contribution < -0.4 is 5.32 Å².